The summed E-state index contributed by atoms with van der Waals surface area (Å²) in [5, 5.41) is 6.11. The molecule has 2 N–H and O–H groups in total. The van der Waals surface area contributed by atoms with Crippen molar-refractivity contribution in [3.8, 4) is 5.75 Å². The predicted molar refractivity (Wildman–Crippen MR) is 94.6 cm³/mol. The molecule has 0 fully saturated rings. The highest BCUT2D eigenvalue weighted by Crippen LogP contribution is 2.20. The number of ether oxygens (including phenoxy) is 1. The van der Waals surface area contributed by atoms with Crippen LogP contribution in [0.1, 0.15) is 16.7 Å². The molecule has 0 spiro atoms. The van der Waals surface area contributed by atoms with Crippen LogP contribution in [0.3, 0.4) is 0 Å². The molecule has 0 aliphatic heterocycles. The van der Waals surface area contributed by atoms with Gasteiger partial charge in [0.15, 0.2) is 0 Å². The molecule has 2 aromatic rings. The highest BCUT2D eigenvalue weighted by molar-refractivity contribution is 6.31. The van der Waals surface area contributed by atoms with Crippen molar-refractivity contribution in [1.82, 2.24) is 5.32 Å². The molecule has 122 valence electrons. The van der Waals surface area contributed by atoms with E-state index in [4.69, 9.17) is 16.3 Å². The van der Waals surface area contributed by atoms with Crippen LogP contribution >= 0.6 is 11.6 Å². The van der Waals surface area contributed by atoms with Crippen molar-refractivity contribution in [2.75, 3.05) is 18.5 Å². The molecule has 2 rings (SSSR count). The first-order valence-electron chi connectivity index (χ1n) is 7.47. The van der Waals surface area contributed by atoms with Crippen LogP contribution in [0.25, 0.3) is 0 Å². The zero-order chi connectivity index (χ0) is 16.8. The number of hydrogen-bond donors (Lipinski definition) is 2. The van der Waals surface area contributed by atoms with Gasteiger partial charge in [-0.1, -0.05) is 35.4 Å². The zero-order valence-electron chi connectivity index (χ0n) is 13.6. The summed E-state index contributed by atoms with van der Waals surface area (Å²) >= 11 is 6.03. The van der Waals surface area contributed by atoms with E-state index in [1.807, 2.05) is 45.0 Å². The number of rotatable bonds is 5. The van der Waals surface area contributed by atoms with Gasteiger partial charge in [-0.25, -0.2) is 4.79 Å². The maximum absolute atomic E-state index is 11.8. The van der Waals surface area contributed by atoms with Gasteiger partial charge in [-0.2, -0.15) is 0 Å². The fraction of sp³-hybridized carbons (Fsp3) is 0.278. The maximum Gasteiger partial charge on any atom is 0.319 e. The van der Waals surface area contributed by atoms with Crippen LogP contribution in [0.5, 0.6) is 5.75 Å². The second-order valence-corrected chi connectivity index (χ2v) is 5.87. The van der Waals surface area contributed by atoms with E-state index >= 15 is 0 Å². The summed E-state index contributed by atoms with van der Waals surface area (Å²) in [6.07, 6.45) is 0. The molecule has 0 atom stereocenters. The lowest BCUT2D eigenvalue weighted by atomic mass is 10.1. The number of hydrogen-bond acceptors (Lipinski definition) is 2. The van der Waals surface area contributed by atoms with E-state index in [2.05, 4.69) is 16.7 Å². The normalized spacial score (nSPS) is 10.3. The number of urea groups is 1. The van der Waals surface area contributed by atoms with E-state index in [0.717, 1.165) is 16.9 Å². The SMILES string of the molecule is Cc1ccc(OCCNC(=O)Nc2ccc(C)c(Cl)c2)c(C)c1. The lowest BCUT2D eigenvalue weighted by molar-refractivity contribution is 0.247. The molecule has 4 nitrogen and oxygen atoms in total. The Morgan fingerprint density at radius 2 is 1.87 bits per heavy atom. The third-order valence-corrected chi connectivity index (χ3v) is 3.81. The van der Waals surface area contributed by atoms with Gasteiger partial charge in [0.05, 0.1) is 6.54 Å². The van der Waals surface area contributed by atoms with E-state index in [1.165, 1.54) is 5.56 Å². The average Bonchev–Trinajstić information content (AvgIpc) is 2.49. The van der Waals surface area contributed by atoms with Gasteiger partial charge >= 0.3 is 6.03 Å². The van der Waals surface area contributed by atoms with Gasteiger partial charge in [0.25, 0.3) is 0 Å². The Kier molecular flexibility index (Phi) is 5.88. The lowest BCUT2D eigenvalue weighted by Crippen LogP contribution is -2.32. The first-order valence-corrected chi connectivity index (χ1v) is 7.84. The zero-order valence-corrected chi connectivity index (χ0v) is 14.3. The monoisotopic (exact) mass is 332 g/mol. The van der Waals surface area contributed by atoms with Crippen LogP contribution in [-0.4, -0.2) is 19.2 Å². The second-order valence-electron chi connectivity index (χ2n) is 5.46. The minimum absolute atomic E-state index is 0.283. The molecule has 0 saturated carbocycles. The topological polar surface area (TPSA) is 50.4 Å². The van der Waals surface area contributed by atoms with Gasteiger partial charge in [0, 0.05) is 10.7 Å². The van der Waals surface area contributed by atoms with E-state index < -0.39 is 0 Å². The summed E-state index contributed by atoms with van der Waals surface area (Å²) in [7, 11) is 0. The van der Waals surface area contributed by atoms with E-state index in [9.17, 15) is 4.79 Å². The third kappa shape index (κ3) is 5.18. The summed E-state index contributed by atoms with van der Waals surface area (Å²) in [6, 6.07) is 11.1. The quantitative estimate of drug-likeness (QED) is 0.794. The Bertz CT molecular complexity index is 701. The molecule has 0 unspecified atom stereocenters. The number of halogens is 1. The van der Waals surface area contributed by atoms with E-state index in [-0.39, 0.29) is 6.03 Å². The van der Waals surface area contributed by atoms with Gasteiger partial charge in [0.2, 0.25) is 0 Å². The average molecular weight is 333 g/mol. The molecule has 0 radical (unpaired) electrons. The van der Waals surface area contributed by atoms with E-state index in [1.54, 1.807) is 6.07 Å². The van der Waals surface area contributed by atoms with Crippen molar-refractivity contribution < 1.29 is 9.53 Å². The highest BCUT2D eigenvalue weighted by atomic mass is 35.5. The van der Waals surface area contributed by atoms with Crippen molar-refractivity contribution >= 4 is 23.3 Å². The van der Waals surface area contributed by atoms with Gasteiger partial charge in [-0.15, -0.1) is 0 Å². The van der Waals surface area contributed by atoms with E-state index in [0.29, 0.717) is 23.9 Å². The lowest BCUT2D eigenvalue weighted by Gasteiger charge is -2.11. The summed E-state index contributed by atoms with van der Waals surface area (Å²) < 4.78 is 5.66. The first kappa shape index (κ1) is 17.2. The van der Waals surface area contributed by atoms with Gasteiger partial charge < -0.3 is 15.4 Å². The van der Waals surface area contributed by atoms with Crippen molar-refractivity contribution in [2.45, 2.75) is 20.8 Å². The van der Waals surface area contributed by atoms with Crippen LogP contribution in [0.15, 0.2) is 36.4 Å². The Labute approximate surface area is 141 Å². The molecule has 2 amide bonds. The summed E-state index contributed by atoms with van der Waals surface area (Å²) in [4.78, 5) is 11.8. The predicted octanol–water partition coefficient (Wildman–Crippen LogP) is 4.47. The summed E-state index contributed by atoms with van der Waals surface area (Å²) in [5.41, 5.74) is 3.92. The van der Waals surface area contributed by atoms with Crippen molar-refractivity contribution in [3.63, 3.8) is 0 Å². The number of anilines is 1. The molecule has 23 heavy (non-hydrogen) atoms. The Morgan fingerprint density at radius 1 is 1.09 bits per heavy atom. The molecule has 0 aliphatic rings. The van der Waals surface area contributed by atoms with Crippen LogP contribution in [0.4, 0.5) is 10.5 Å². The summed E-state index contributed by atoms with van der Waals surface area (Å²) in [6.45, 7) is 6.78. The molecule has 2 aromatic carbocycles. The van der Waals surface area contributed by atoms with Crippen molar-refractivity contribution in [1.29, 1.82) is 0 Å². The molecule has 0 saturated heterocycles. The maximum atomic E-state index is 11.8. The number of benzene rings is 2. The molecule has 0 bridgehead atoms. The number of aryl methyl sites for hydroxylation is 3. The standard InChI is InChI=1S/C18H21ClN2O2/c1-12-4-7-17(14(3)10-12)23-9-8-20-18(22)21-15-6-5-13(2)16(19)11-15/h4-7,10-11H,8-9H2,1-3H3,(H2,20,21,22). The van der Waals surface area contributed by atoms with Crippen LogP contribution in [0, 0.1) is 20.8 Å². The fourth-order valence-corrected chi connectivity index (χ4v) is 2.31. The summed E-state index contributed by atoms with van der Waals surface area (Å²) in [5.74, 6) is 0.836. The van der Waals surface area contributed by atoms with Gasteiger partial charge in [-0.05, 0) is 50.1 Å². The van der Waals surface area contributed by atoms with Crippen LogP contribution in [0.2, 0.25) is 5.02 Å². The van der Waals surface area contributed by atoms with Crippen molar-refractivity contribution in [2.24, 2.45) is 0 Å². The van der Waals surface area contributed by atoms with Gasteiger partial charge in [-0.3, -0.25) is 0 Å². The fourth-order valence-electron chi connectivity index (χ4n) is 2.13. The van der Waals surface area contributed by atoms with Crippen molar-refractivity contribution in [3.05, 3.63) is 58.1 Å². The highest BCUT2D eigenvalue weighted by Gasteiger charge is 2.04. The largest absolute Gasteiger partial charge is 0.491 e. The number of carbonyl (C=O) groups is 1. The molecule has 0 aromatic heterocycles. The third-order valence-electron chi connectivity index (χ3n) is 3.41. The first-order chi connectivity index (χ1) is 11.0. The number of nitrogens with one attached hydrogen (secondary N) is 2. The van der Waals surface area contributed by atoms with Crippen LogP contribution < -0.4 is 15.4 Å². The smallest absolute Gasteiger partial charge is 0.319 e. The molecule has 0 heterocycles. The number of carbonyl (C=O) groups excluding carboxylic acids is 1. The Balaban J connectivity index is 1.75. The molecule has 5 heteroatoms. The number of amides is 2. The molecular formula is C18H21ClN2O2. The Hall–Kier alpha value is -2.20. The Morgan fingerprint density at radius 3 is 2.57 bits per heavy atom. The second kappa shape index (κ2) is 7.88. The minimum atomic E-state index is -0.283. The molecule has 0 aliphatic carbocycles. The van der Waals surface area contributed by atoms with Gasteiger partial charge in [0.1, 0.15) is 12.4 Å². The minimum Gasteiger partial charge on any atom is -0.491 e. The van der Waals surface area contributed by atoms with Crippen LogP contribution in [-0.2, 0) is 0 Å². The molecular weight excluding hydrogens is 312 g/mol.